The van der Waals surface area contributed by atoms with E-state index in [1.54, 1.807) is 0 Å². The second-order valence-corrected chi connectivity index (χ2v) is 5.76. The van der Waals surface area contributed by atoms with E-state index in [2.05, 4.69) is 55.9 Å². The van der Waals surface area contributed by atoms with Gasteiger partial charge in [0.05, 0.1) is 0 Å². The van der Waals surface area contributed by atoms with Crippen LogP contribution in [0.1, 0.15) is 22.7 Å². The van der Waals surface area contributed by atoms with E-state index in [1.165, 1.54) is 16.7 Å². The van der Waals surface area contributed by atoms with Crippen molar-refractivity contribution in [2.24, 2.45) is 5.73 Å². The normalized spacial score (nSPS) is 24.2. The summed E-state index contributed by atoms with van der Waals surface area (Å²) in [5.41, 5.74) is 10.4. The second-order valence-electron chi connectivity index (χ2n) is 5.76. The van der Waals surface area contributed by atoms with Crippen molar-refractivity contribution in [1.82, 2.24) is 9.80 Å². The van der Waals surface area contributed by atoms with E-state index in [9.17, 15) is 0 Å². The van der Waals surface area contributed by atoms with Crippen LogP contribution in [0.5, 0.6) is 0 Å². The molecule has 3 nitrogen and oxygen atoms in total. The number of piperazine rings is 1. The highest BCUT2D eigenvalue weighted by atomic mass is 15.3. The van der Waals surface area contributed by atoms with Crippen LogP contribution in [-0.2, 0) is 0 Å². The van der Waals surface area contributed by atoms with Crippen molar-refractivity contribution in [1.29, 1.82) is 0 Å². The number of rotatable bonds is 2. The predicted octanol–water partition coefficient (Wildman–Crippen LogP) is 1.55. The average Bonchev–Trinajstić information content (AvgIpc) is 2.30. The molecule has 2 rings (SSSR count). The number of hydrogen-bond donors (Lipinski definition) is 1. The minimum Gasteiger partial charge on any atom is -0.323 e. The summed E-state index contributed by atoms with van der Waals surface area (Å²) in [7, 11) is 4.36. The SMILES string of the molecule is Cc1cc(C)cc(C(N)C2CN(C)CCN2C)c1. The number of benzene rings is 1. The van der Waals surface area contributed by atoms with Gasteiger partial charge in [0.2, 0.25) is 0 Å². The fraction of sp³-hybridized carbons (Fsp3) is 0.600. The van der Waals surface area contributed by atoms with Crippen LogP contribution in [-0.4, -0.2) is 49.6 Å². The number of aryl methyl sites for hydroxylation is 2. The molecule has 2 unspecified atom stereocenters. The molecular weight excluding hydrogens is 222 g/mol. The molecular formula is C15H25N3. The molecule has 0 bridgehead atoms. The van der Waals surface area contributed by atoms with Crippen molar-refractivity contribution in [3.8, 4) is 0 Å². The zero-order chi connectivity index (χ0) is 13.3. The van der Waals surface area contributed by atoms with Gasteiger partial charge < -0.3 is 10.6 Å². The Labute approximate surface area is 111 Å². The molecule has 3 heteroatoms. The van der Waals surface area contributed by atoms with Crippen molar-refractivity contribution >= 4 is 0 Å². The fourth-order valence-corrected chi connectivity index (χ4v) is 2.86. The van der Waals surface area contributed by atoms with Gasteiger partial charge in [0.15, 0.2) is 0 Å². The summed E-state index contributed by atoms with van der Waals surface area (Å²) in [5, 5.41) is 0. The molecule has 1 aliphatic heterocycles. The fourth-order valence-electron chi connectivity index (χ4n) is 2.86. The van der Waals surface area contributed by atoms with E-state index in [0.717, 1.165) is 19.6 Å². The summed E-state index contributed by atoms with van der Waals surface area (Å²) in [5.74, 6) is 0. The van der Waals surface area contributed by atoms with Crippen LogP contribution in [0.4, 0.5) is 0 Å². The third kappa shape index (κ3) is 2.91. The maximum Gasteiger partial charge on any atom is 0.0465 e. The van der Waals surface area contributed by atoms with Gasteiger partial charge in [-0.1, -0.05) is 29.3 Å². The van der Waals surface area contributed by atoms with Crippen molar-refractivity contribution in [2.45, 2.75) is 25.9 Å². The highest BCUT2D eigenvalue weighted by Gasteiger charge is 2.28. The highest BCUT2D eigenvalue weighted by molar-refractivity contribution is 5.31. The maximum atomic E-state index is 6.49. The Morgan fingerprint density at radius 2 is 1.72 bits per heavy atom. The standard InChI is InChI=1S/C15H25N3/c1-11-7-12(2)9-13(8-11)15(16)14-10-17(3)5-6-18(14)4/h7-9,14-15H,5-6,10,16H2,1-4H3. The van der Waals surface area contributed by atoms with E-state index in [0.29, 0.717) is 6.04 Å². The van der Waals surface area contributed by atoms with Gasteiger partial charge in [-0.2, -0.15) is 0 Å². The summed E-state index contributed by atoms with van der Waals surface area (Å²) in [4.78, 5) is 4.76. The van der Waals surface area contributed by atoms with Gasteiger partial charge in [0, 0.05) is 31.7 Å². The summed E-state index contributed by atoms with van der Waals surface area (Å²) in [6.45, 7) is 7.55. The number of nitrogens with two attached hydrogens (primary N) is 1. The first-order chi connectivity index (χ1) is 8.47. The third-order valence-electron chi connectivity index (χ3n) is 3.94. The maximum absolute atomic E-state index is 6.49. The quantitative estimate of drug-likeness (QED) is 0.860. The van der Waals surface area contributed by atoms with Crippen LogP contribution < -0.4 is 5.73 Å². The van der Waals surface area contributed by atoms with E-state index >= 15 is 0 Å². The molecule has 1 aliphatic rings. The number of nitrogens with zero attached hydrogens (tertiary/aromatic N) is 2. The Morgan fingerprint density at radius 1 is 1.11 bits per heavy atom. The Morgan fingerprint density at radius 3 is 2.33 bits per heavy atom. The molecule has 1 fully saturated rings. The molecule has 0 radical (unpaired) electrons. The van der Waals surface area contributed by atoms with Gasteiger partial charge in [-0.05, 0) is 33.5 Å². The molecule has 0 saturated carbocycles. The molecule has 18 heavy (non-hydrogen) atoms. The summed E-state index contributed by atoms with van der Waals surface area (Å²) in [6, 6.07) is 7.15. The number of hydrogen-bond acceptors (Lipinski definition) is 3. The largest absolute Gasteiger partial charge is 0.323 e. The minimum absolute atomic E-state index is 0.0938. The van der Waals surface area contributed by atoms with Gasteiger partial charge in [-0.25, -0.2) is 0 Å². The van der Waals surface area contributed by atoms with Gasteiger partial charge in [-0.3, -0.25) is 4.90 Å². The van der Waals surface area contributed by atoms with Crippen LogP contribution in [0.15, 0.2) is 18.2 Å². The molecule has 1 aromatic carbocycles. The lowest BCUT2D eigenvalue weighted by Gasteiger charge is -2.41. The van der Waals surface area contributed by atoms with Crippen molar-refractivity contribution in [3.63, 3.8) is 0 Å². The lowest BCUT2D eigenvalue weighted by Crippen LogP contribution is -2.54. The van der Waals surface area contributed by atoms with E-state index < -0.39 is 0 Å². The molecule has 0 aliphatic carbocycles. The summed E-state index contributed by atoms with van der Waals surface area (Å²) >= 11 is 0. The molecule has 1 heterocycles. The Balaban J connectivity index is 2.21. The van der Waals surface area contributed by atoms with E-state index in [4.69, 9.17) is 5.73 Å². The molecule has 0 spiro atoms. The second kappa shape index (κ2) is 5.39. The summed E-state index contributed by atoms with van der Waals surface area (Å²) in [6.07, 6.45) is 0. The average molecular weight is 247 g/mol. The molecule has 100 valence electrons. The van der Waals surface area contributed by atoms with Gasteiger partial charge >= 0.3 is 0 Å². The zero-order valence-electron chi connectivity index (χ0n) is 12.0. The molecule has 2 N–H and O–H groups in total. The monoisotopic (exact) mass is 247 g/mol. The topological polar surface area (TPSA) is 32.5 Å². The Bertz CT molecular complexity index is 396. The van der Waals surface area contributed by atoms with Gasteiger partial charge in [0.1, 0.15) is 0 Å². The molecule has 0 amide bonds. The minimum atomic E-state index is 0.0938. The van der Waals surface area contributed by atoms with Crippen molar-refractivity contribution in [3.05, 3.63) is 34.9 Å². The smallest absolute Gasteiger partial charge is 0.0465 e. The van der Waals surface area contributed by atoms with Crippen LogP contribution in [0.2, 0.25) is 0 Å². The number of likely N-dealkylation sites (N-methyl/N-ethyl adjacent to an activating group) is 2. The summed E-state index contributed by atoms with van der Waals surface area (Å²) < 4.78 is 0. The van der Waals surface area contributed by atoms with Crippen LogP contribution in [0.25, 0.3) is 0 Å². The van der Waals surface area contributed by atoms with Crippen LogP contribution in [0, 0.1) is 13.8 Å². The van der Waals surface area contributed by atoms with E-state index in [-0.39, 0.29) is 6.04 Å². The highest BCUT2D eigenvalue weighted by Crippen LogP contribution is 2.23. The Kier molecular flexibility index (Phi) is 4.05. The molecule has 1 saturated heterocycles. The van der Waals surface area contributed by atoms with Crippen molar-refractivity contribution in [2.75, 3.05) is 33.7 Å². The molecule has 1 aromatic rings. The van der Waals surface area contributed by atoms with Crippen molar-refractivity contribution < 1.29 is 0 Å². The van der Waals surface area contributed by atoms with Gasteiger partial charge in [0.25, 0.3) is 0 Å². The first-order valence-corrected chi connectivity index (χ1v) is 6.70. The third-order valence-corrected chi connectivity index (χ3v) is 3.94. The van der Waals surface area contributed by atoms with E-state index in [1.807, 2.05) is 0 Å². The van der Waals surface area contributed by atoms with Gasteiger partial charge in [-0.15, -0.1) is 0 Å². The lowest BCUT2D eigenvalue weighted by atomic mass is 9.94. The Hall–Kier alpha value is -0.900. The first-order valence-electron chi connectivity index (χ1n) is 6.70. The lowest BCUT2D eigenvalue weighted by molar-refractivity contribution is 0.0974. The van der Waals surface area contributed by atoms with Crippen LogP contribution >= 0.6 is 0 Å². The van der Waals surface area contributed by atoms with Crippen LogP contribution in [0.3, 0.4) is 0 Å². The molecule has 2 atom stereocenters. The predicted molar refractivity (Wildman–Crippen MR) is 76.8 cm³/mol. The zero-order valence-corrected chi connectivity index (χ0v) is 12.0. The first kappa shape index (κ1) is 13.5. The molecule has 0 aromatic heterocycles.